The Hall–Kier alpha value is -1.23. The molecule has 2 rings (SSSR count). The van der Waals surface area contributed by atoms with Gasteiger partial charge in [0.1, 0.15) is 5.69 Å². The van der Waals surface area contributed by atoms with E-state index in [2.05, 4.69) is 22.6 Å². The minimum Gasteiger partial charge on any atom is -0.307 e. The van der Waals surface area contributed by atoms with Crippen LogP contribution in [0.4, 0.5) is 0 Å². The molecule has 1 aliphatic carbocycles. The molecule has 1 heterocycles. The van der Waals surface area contributed by atoms with Crippen LogP contribution in [0, 0.1) is 0 Å². The molecule has 0 saturated heterocycles. The number of carbonyl (C=O) groups is 1. The summed E-state index contributed by atoms with van der Waals surface area (Å²) < 4.78 is 1.68. The van der Waals surface area contributed by atoms with Crippen LogP contribution in [-0.2, 0) is 6.54 Å². The van der Waals surface area contributed by atoms with Gasteiger partial charge in [-0.1, -0.05) is 12.1 Å². The van der Waals surface area contributed by atoms with Gasteiger partial charge in [0.05, 0.1) is 12.7 Å². The highest BCUT2D eigenvalue weighted by Gasteiger charge is 2.22. The van der Waals surface area contributed by atoms with Crippen LogP contribution >= 0.6 is 0 Å². The molecule has 1 N–H and O–H groups in total. The van der Waals surface area contributed by atoms with E-state index in [4.69, 9.17) is 0 Å². The highest BCUT2D eigenvalue weighted by atomic mass is 16.1. The molecule has 0 radical (unpaired) electrons. The number of aromatic nitrogens is 3. The van der Waals surface area contributed by atoms with Gasteiger partial charge in [-0.25, -0.2) is 4.68 Å². The molecule has 1 saturated carbocycles. The number of ketones is 1. The molecule has 1 fully saturated rings. The van der Waals surface area contributed by atoms with Crippen molar-refractivity contribution in [3.8, 4) is 0 Å². The third-order valence-corrected chi connectivity index (χ3v) is 2.47. The SMILES string of the molecule is CCCn1nncc1C(=O)CNC1CC1. The maximum absolute atomic E-state index is 11.8. The number of nitrogens with zero attached hydrogens (tertiary/aromatic N) is 3. The van der Waals surface area contributed by atoms with E-state index in [-0.39, 0.29) is 5.78 Å². The molecular formula is C10H16N4O. The molecule has 82 valence electrons. The summed E-state index contributed by atoms with van der Waals surface area (Å²) in [6.45, 7) is 3.21. The molecule has 5 heteroatoms. The van der Waals surface area contributed by atoms with Gasteiger partial charge in [-0.15, -0.1) is 5.10 Å². The number of rotatable bonds is 6. The molecule has 0 aromatic carbocycles. The molecule has 0 aliphatic heterocycles. The normalized spacial score (nSPS) is 15.5. The first-order valence-corrected chi connectivity index (χ1v) is 5.46. The van der Waals surface area contributed by atoms with Gasteiger partial charge in [0.15, 0.2) is 5.78 Å². The van der Waals surface area contributed by atoms with Crippen LogP contribution in [0.5, 0.6) is 0 Å². The van der Waals surface area contributed by atoms with E-state index in [9.17, 15) is 4.79 Å². The van der Waals surface area contributed by atoms with Gasteiger partial charge >= 0.3 is 0 Å². The van der Waals surface area contributed by atoms with Crippen LogP contribution in [0.2, 0.25) is 0 Å². The molecule has 15 heavy (non-hydrogen) atoms. The Morgan fingerprint density at radius 2 is 2.47 bits per heavy atom. The third-order valence-electron chi connectivity index (χ3n) is 2.47. The van der Waals surface area contributed by atoms with Crippen LogP contribution in [0.15, 0.2) is 6.20 Å². The number of aryl methyl sites for hydroxylation is 1. The number of Topliss-reactive ketones (excluding diaryl/α,β-unsaturated/α-hetero) is 1. The second-order valence-corrected chi connectivity index (χ2v) is 3.92. The smallest absolute Gasteiger partial charge is 0.196 e. The molecule has 1 aromatic rings. The molecule has 5 nitrogen and oxygen atoms in total. The van der Waals surface area contributed by atoms with Gasteiger partial charge in [-0.05, 0) is 19.3 Å². The summed E-state index contributed by atoms with van der Waals surface area (Å²) in [5.41, 5.74) is 0.616. The lowest BCUT2D eigenvalue weighted by atomic mass is 10.3. The van der Waals surface area contributed by atoms with Crippen LogP contribution in [-0.4, -0.2) is 33.4 Å². The largest absolute Gasteiger partial charge is 0.307 e. The van der Waals surface area contributed by atoms with Gasteiger partial charge < -0.3 is 5.32 Å². The number of carbonyl (C=O) groups excluding carboxylic acids is 1. The monoisotopic (exact) mass is 208 g/mol. The van der Waals surface area contributed by atoms with Crippen molar-refractivity contribution < 1.29 is 4.79 Å². The quantitative estimate of drug-likeness (QED) is 0.696. The third kappa shape index (κ3) is 2.62. The van der Waals surface area contributed by atoms with Crippen LogP contribution < -0.4 is 5.32 Å². The minimum atomic E-state index is 0.0837. The van der Waals surface area contributed by atoms with E-state index in [1.165, 1.54) is 12.8 Å². The maximum Gasteiger partial charge on any atom is 0.196 e. The minimum absolute atomic E-state index is 0.0837. The molecular weight excluding hydrogens is 192 g/mol. The molecule has 1 aliphatic rings. The highest BCUT2D eigenvalue weighted by Crippen LogP contribution is 2.18. The maximum atomic E-state index is 11.8. The van der Waals surface area contributed by atoms with Gasteiger partial charge in [0.25, 0.3) is 0 Å². The van der Waals surface area contributed by atoms with Crippen LogP contribution in [0.1, 0.15) is 36.7 Å². The summed E-state index contributed by atoms with van der Waals surface area (Å²) in [7, 11) is 0. The average molecular weight is 208 g/mol. The van der Waals surface area contributed by atoms with Gasteiger partial charge in [-0.2, -0.15) is 0 Å². The summed E-state index contributed by atoms with van der Waals surface area (Å²) >= 11 is 0. The van der Waals surface area contributed by atoms with Crippen molar-refractivity contribution in [1.82, 2.24) is 20.3 Å². The lowest BCUT2D eigenvalue weighted by molar-refractivity contribution is 0.0980. The lowest BCUT2D eigenvalue weighted by Crippen LogP contribution is -2.26. The molecule has 1 aromatic heterocycles. The van der Waals surface area contributed by atoms with E-state index in [1.807, 2.05) is 0 Å². The summed E-state index contributed by atoms with van der Waals surface area (Å²) in [5.74, 6) is 0.0837. The van der Waals surface area contributed by atoms with Crippen molar-refractivity contribution in [2.24, 2.45) is 0 Å². The second kappa shape index (κ2) is 4.53. The van der Waals surface area contributed by atoms with Gasteiger partial charge in [0.2, 0.25) is 0 Å². The standard InChI is InChI=1S/C10H16N4O/c1-2-5-14-9(6-12-13-14)10(15)7-11-8-3-4-8/h6,8,11H,2-5,7H2,1H3. The van der Waals surface area contributed by atoms with Gasteiger partial charge in [-0.3, -0.25) is 4.79 Å². The fourth-order valence-corrected chi connectivity index (χ4v) is 1.47. The first kappa shape index (κ1) is 10.3. The Morgan fingerprint density at radius 3 is 3.13 bits per heavy atom. The Labute approximate surface area is 88.9 Å². The van der Waals surface area contributed by atoms with E-state index >= 15 is 0 Å². The highest BCUT2D eigenvalue weighted by molar-refractivity contribution is 5.95. The fourth-order valence-electron chi connectivity index (χ4n) is 1.47. The first-order valence-electron chi connectivity index (χ1n) is 5.46. The van der Waals surface area contributed by atoms with Gasteiger partial charge in [0, 0.05) is 12.6 Å². The molecule has 0 bridgehead atoms. The zero-order chi connectivity index (χ0) is 10.7. The molecule has 0 unspecified atom stereocenters. The van der Waals surface area contributed by atoms with Crippen molar-refractivity contribution in [3.63, 3.8) is 0 Å². The average Bonchev–Trinajstić information content (AvgIpc) is 2.95. The van der Waals surface area contributed by atoms with Crippen LogP contribution in [0.25, 0.3) is 0 Å². The summed E-state index contributed by atoms with van der Waals surface area (Å²) in [4.78, 5) is 11.8. The van der Waals surface area contributed by atoms with Crippen molar-refractivity contribution in [2.45, 2.75) is 38.8 Å². The number of hydrogen-bond donors (Lipinski definition) is 1. The fraction of sp³-hybridized carbons (Fsp3) is 0.700. The predicted molar refractivity (Wildman–Crippen MR) is 55.7 cm³/mol. The summed E-state index contributed by atoms with van der Waals surface area (Å²) in [5, 5.41) is 10.9. The topological polar surface area (TPSA) is 59.8 Å². The van der Waals surface area contributed by atoms with E-state index in [0.717, 1.165) is 13.0 Å². The Kier molecular flexibility index (Phi) is 3.11. The molecule has 0 atom stereocenters. The number of hydrogen-bond acceptors (Lipinski definition) is 4. The van der Waals surface area contributed by atoms with E-state index in [0.29, 0.717) is 18.3 Å². The van der Waals surface area contributed by atoms with Crippen molar-refractivity contribution in [3.05, 3.63) is 11.9 Å². The van der Waals surface area contributed by atoms with Crippen LogP contribution in [0.3, 0.4) is 0 Å². The zero-order valence-corrected chi connectivity index (χ0v) is 8.94. The molecule has 0 spiro atoms. The lowest BCUT2D eigenvalue weighted by Gasteiger charge is -2.04. The number of nitrogens with one attached hydrogen (secondary N) is 1. The predicted octanol–water partition coefficient (Wildman–Crippen LogP) is 0.623. The Balaban J connectivity index is 1.93. The Morgan fingerprint density at radius 1 is 1.67 bits per heavy atom. The van der Waals surface area contributed by atoms with E-state index < -0.39 is 0 Å². The van der Waals surface area contributed by atoms with Crippen molar-refractivity contribution in [1.29, 1.82) is 0 Å². The molecule has 0 amide bonds. The summed E-state index contributed by atoms with van der Waals surface area (Å²) in [6, 6.07) is 0.560. The first-order chi connectivity index (χ1) is 7.31. The summed E-state index contributed by atoms with van der Waals surface area (Å²) in [6.07, 6.45) is 4.89. The zero-order valence-electron chi connectivity index (χ0n) is 8.94. The second-order valence-electron chi connectivity index (χ2n) is 3.92. The van der Waals surface area contributed by atoms with Crippen molar-refractivity contribution in [2.75, 3.05) is 6.54 Å². The Bertz CT molecular complexity index is 343. The van der Waals surface area contributed by atoms with E-state index in [1.54, 1.807) is 10.9 Å². The van der Waals surface area contributed by atoms with Crippen molar-refractivity contribution >= 4 is 5.78 Å².